The van der Waals surface area contributed by atoms with Gasteiger partial charge in [-0.15, -0.1) is 0 Å². The molecule has 1 N–H and O–H groups in total. The molecular weight excluding hydrogens is 220 g/mol. The maximum Gasteiger partial charge on any atom is 0.358 e. The number of carboxylic acids is 1. The molecule has 0 amide bonds. The lowest BCUT2D eigenvalue weighted by Crippen LogP contribution is -2.27. The van der Waals surface area contributed by atoms with E-state index in [1.165, 1.54) is 17.3 Å². The maximum atomic E-state index is 13.0. The summed E-state index contributed by atoms with van der Waals surface area (Å²) >= 11 is 0. The highest BCUT2D eigenvalue weighted by atomic mass is 19.3. The van der Waals surface area contributed by atoms with Crippen molar-refractivity contribution in [2.24, 2.45) is 0 Å². The standard InChI is InChI=1S/C9H9F2N3O2/c10-9(11)1-4-14(5-9)7-6(8(15)16)12-2-3-13-7/h2-3H,1,4-5H2,(H,15,16). The first kappa shape index (κ1) is 10.7. The van der Waals surface area contributed by atoms with Gasteiger partial charge in [-0.25, -0.2) is 23.5 Å². The third-order valence-corrected chi connectivity index (χ3v) is 2.35. The number of alkyl halides is 2. The molecule has 0 spiro atoms. The van der Waals surface area contributed by atoms with E-state index in [0.717, 1.165) is 0 Å². The Labute approximate surface area is 89.7 Å². The largest absolute Gasteiger partial charge is 0.476 e. The minimum atomic E-state index is -2.78. The van der Waals surface area contributed by atoms with Gasteiger partial charge in [0.15, 0.2) is 11.5 Å². The molecule has 1 aliphatic rings. The summed E-state index contributed by atoms with van der Waals surface area (Å²) in [5.74, 6) is -4.04. The van der Waals surface area contributed by atoms with Crippen LogP contribution < -0.4 is 4.90 Å². The number of carboxylic acid groups (broad SMARTS) is 1. The maximum absolute atomic E-state index is 13.0. The first-order chi connectivity index (χ1) is 7.49. The van der Waals surface area contributed by atoms with Gasteiger partial charge < -0.3 is 10.0 Å². The average Bonchev–Trinajstić information content (AvgIpc) is 2.59. The molecule has 1 aromatic rings. The minimum absolute atomic E-state index is 0.00664. The lowest BCUT2D eigenvalue weighted by molar-refractivity contribution is 0.0256. The zero-order chi connectivity index (χ0) is 11.8. The van der Waals surface area contributed by atoms with Gasteiger partial charge in [-0.1, -0.05) is 0 Å². The molecular formula is C9H9F2N3O2. The molecule has 0 unspecified atom stereocenters. The summed E-state index contributed by atoms with van der Waals surface area (Å²) < 4.78 is 26.0. The third-order valence-electron chi connectivity index (χ3n) is 2.35. The molecule has 0 aliphatic carbocycles. The van der Waals surface area contributed by atoms with Crippen molar-refractivity contribution in [3.63, 3.8) is 0 Å². The summed E-state index contributed by atoms with van der Waals surface area (Å²) in [6.07, 6.45) is 2.22. The smallest absolute Gasteiger partial charge is 0.358 e. The summed E-state index contributed by atoms with van der Waals surface area (Å²) in [4.78, 5) is 19.5. The lowest BCUT2D eigenvalue weighted by atomic mass is 10.3. The van der Waals surface area contributed by atoms with Crippen molar-refractivity contribution < 1.29 is 18.7 Å². The summed E-state index contributed by atoms with van der Waals surface area (Å²) in [5.41, 5.74) is -0.291. The van der Waals surface area contributed by atoms with Crippen molar-refractivity contribution in [1.82, 2.24) is 9.97 Å². The van der Waals surface area contributed by atoms with E-state index < -0.39 is 18.4 Å². The van der Waals surface area contributed by atoms with Gasteiger partial charge in [0, 0.05) is 25.4 Å². The molecule has 5 nitrogen and oxygen atoms in total. The quantitative estimate of drug-likeness (QED) is 0.820. The number of rotatable bonds is 2. The first-order valence-electron chi connectivity index (χ1n) is 4.67. The van der Waals surface area contributed by atoms with Crippen LogP contribution in [-0.2, 0) is 0 Å². The second-order valence-electron chi connectivity index (χ2n) is 3.56. The van der Waals surface area contributed by atoms with Crippen LogP contribution in [0.2, 0.25) is 0 Å². The molecule has 0 atom stereocenters. The zero-order valence-electron chi connectivity index (χ0n) is 8.23. The number of hydrogen-bond donors (Lipinski definition) is 1. The normalized spacial score (nSPS) is 18.8. The number of aromatic nitrogens is 2. The highest BCUT2D eigenvalue weighted by Crippen LogP contribution is 2.30. The number of halogens is 2. The monoisotopic (exact) mass is 229 g/mol. The van der Waals surface area contributed by atoms with Crippen LogP contribution in [0.1, 0.15) is 16.9 Å². The molecule has 1 aromatic heterocycles. The molecule has 1 saturated heterocycles. The van der Waals surface area contributed by atoms with Crippen molar-refractivity contribution in [3.8, 4) is 0 Å². The Morgan fingerprint density at radius 3 is 2.69 bits per heavy atom. The molecule has 7 heteroatoms. The highest BCUT2D eigenvalue weighted by Gasteiger charge is 2.40. The lowest BCUT2D eigenvalue weighted by Gasteiger charge is -2.17. The molecule has 1 aliphatic heterocycles. The summed E-state index contributed by atoms with van der Waals surface area (Å²) in [7, 11) is 0. The molecule has 1 fully saturated rings. The van der Waals surface area contributed by atoms with Gasteiger partial charge in [0.05, 0.1) is 6.54 Å². The van der Waals surface area contributed by atoms with Crippen LogP contribution in [0.5, 0.6) is 0 Å². The van der Waals surface area contributed by atoms with E-state index in [1.807, 2.05) is 0 Å². The molecule has 0 saturated carbocycles. The predicted octanol–water partition coefficient (Wildman–Crippen LogP) is 1.02. The van der Waals surface area contributed by atoms with Crippen molar-refractivity contribution in [3.05, 3.63) is 18.1 Å². The third kappa shape index (κ3) is 1.93. The van der Waals surface area contributed by atoms with E-state index in [1.54, 1.807) is 0 Å². The Hall–Kier alpha value is -1.79. The summed E-state index contributed by atoms with van der Waals surface area (Å²) in [6.45, 7) is -0.419. The molecule has 86 valence electrons. The SMILES string of the molecule is O=C(O)c1nccnc1N1CCC(F)(F)C1. The van der Waals surface area contributed by atoms with Crippen LogP contribution in [0, 0.1) is 0 Å². The topological polar surface area (TPSA) is 66.3 Å². The minimum Gasteiger partial charge on any atom is -0.476 e. The van der Waals surface area contributed by atoms with E-state index >= 15 is 0 Å². The second-order valence-corrected chi connectivity index (χ2v) is 3.56. The Bertz CT molecular complexity index is 425. The highest BCUT2D eigenvalue weighted by molar-refractivity contribution is 5.91. The summed E-state index contributed by atoms with van der Waals surface area (Å²) in [5, 5.41) is 8.84. The van der Waals surface area contributed by atoms with Gasteiger partial charge >= 0.3 is 5.97 Å². The Kier molecular flexibility index (Phi) is 2.45. The van der Waals surface area contributed by atoms with Crippen LogP contribution in [0.3, 0.4) is 0 Å². The van der Waals surface area contributed by atoms with Gasteiger partial charge in [-0.05, 0) is 0 Å². The molecule has 2 rings (SSSR count). The molecule has 0 aromatic carbocycles. The van der Waals surface area contributed by atoms with Crippen molar-refractivity contribution in [2.75, 3.05) is 18.0 Å². The summed E-state index contributed by atoms with van der Waals surface area (Å²) in [6, 6.07) is 0. The van der Waals surface area contributed by atoms with Gasteiger partial charge in [0.2, 0.25) is 0 Å². The number of nitrogens with zero attached hydrogens (tertiary/aromatic N) is 3. The first-order valence-corrected chi connectivity index (χ1v) is 4.67. The number of hydrogen-bond acceptors (Lipinski definition) is 4. The van der Waals surface area contributed by atoms with Gasteiger partial charge in [0.25, 0.3) is 5.92 Å². The Balaban J connectivity index is 2.31. The van der Waals surface area contributed by atoms with Crippen molar-refractivity contribution in [2.45, 2.75) is 12.3 Å². The Morgan fingerprint density at radius 1 is 1.44 bits per heavy atom. The molecule has 2 heterocycles. The Morgan fingerprint density at radius 2 is 2.12 bits per heavy atom. The second kappa shape index (κ2) is 3.66. The van der Waals surface area contributed by atoms with E-state index in [9.17, 15) is 13.6 Å². The van der Waals surface area contributed by atoms with E-state index in [2.05, 4.69) is 9.97 Å². The van der Waals surface area contributed by atoms with E-state index in [4.69, 9.17) is 5.11 Å². The van der Waals surface area contributed by atoms with E-state index in [-0.39, 0.29) is 24.5 Å². The van der Waals surface area contributed by atoms with Crippen LogP contribution in [0.4, 0.5) is 14.6 Å². The average molecular weight is 229 g/mol. The van der Waals surface area contributed by atoms with E-state index in [0.29, 0.717) is 0 Å². The van der Waals surface area contributed by atoms with Crippen LogP contribution in [0.25, 0.3) is 0 Å². The number of carbonyl (C=O) groups is 1. The van der Waals surface area contributed by atoms with Crippen LogP contribution >= 0.6 is 0 Å². The fraction of sp³-hybridized carbons (Fsp3) is 0.444. The molecule has 0 radical (unpaired) electrons. The number of anilines is 1. The van der Waals surface area contributed by atoms with Gasteiger partial charge in [-0.2, -0.15) is 0 Å². The van der Waals surface area contributed by atoms with Gasteiger partial charge in [0.1, 0.15) is 0 Å². The zero-order valence-corrected chi connectivity index (χ0v) is 8.23. The van der Waals surface area contributed by atoms with Crippen molar-refractivity contribution in [1.29, 1.82) is 0 Å². The van der Waals surface area contributed by atoms with Crippen LogP contribution in [0.15, 0.2) is 12.4 Å². The molecule has 16 heavy (non-hydrogen) atoms. The van der Waals surface area contributed by atoms with Crippen molar-refractivity contribution >= 4 is 11.8 Å². The van der Waals surface area contributed by atoms with Gasteiger partial charge in [-0.3, -0.25) is 0 Å². The number of aromatic carboxylic acids is 1. The van der Waals surface area contributed by atoms with Crippen LogP contribution in [-0.4, -0.2) is 40.1 Å². The fourth-order valence-corrected chi connectivity index (χ4v) is 1.63. The fourth-order valence-electron chi connectivity index (χ4n) is 1.63. The molecule has 0 bridgehead atoms. The predicted molar refractivity (Wildman–Crippen MR) is 50.8 cm³/mol.